The third kappa shape index (κ3) is 4.25. The van der Waals surface area contributed by atoms with Gasteiger partial charge in [-0.25, -0.2) is 12.7 Å². The molecule has 1 aliphatic rings. The average molecular weight is 264 g/mol. The monoisotopic (exact) mass is 264 g/mol. The summed E-state index contributed by atoms with van der Waals surface area (Å²) in [6.07, 6.45) is 1.74. The molecule has 0 spiro atoms. The second-order valence-corrected chi connectivity index (χ2v) is 6.71. The van der Waals surface area contributed by atoms with Gasteiger partial charge in [0, 0.05) is 19.6 Å². The van der Waals surface area contributed by atoms with Crippen molar-refractivity contribution < 1.29 is 18.3 Å². The number of carbonyl (C=O) groups is 1. The Morgan fingerprint density at radius 2 is 2.18 bits per heavy atom. The van der Waals surface area contributed by atoms with Crippen LogP contribution in [0.25, 0.3) is 0 Å². The van der Waals surface area contributed by atoms with Crippen LogP contribution in [-0.2, 0) is 14.8 Å². The van der Waals surface area contributed by atoms with Crippen LogP contribution in [0.2, 0.25) is 0 Å². The highest BCUT2D eigenvalue weighted by molar-refractivity contribution is 7.89. The number of likely N-dealkylation sites (tertiary alicyclic amines) is 1. The summed E-state index contributed by atoms with van der Waals surface area (Å²) in [5.41, 5.74) is 0. The molecule has 0 aromatic heterocycles. The highest BCUT2D eigenvalue weighted by atomic mass is 32.2. The summed E-state index contributed by atoms with van der Waals surface area (Å²) in [6, 6.07) is 0.250. The van der Waals surface area contributed by atoms with E-state index in [2.05, 4.69) is 4.90 Å². The van der Waals surface area contributed by atoms with Gasteiger partial charge in [-0.3, -0.25) is 4.79 Å². The Bertz CT molecular complexity index is 369. The van der Waals surface area contributed by atoms with E-state index in [4.69, 9.17) is 5.11 Å². The first kappa shape index (κ1) is 14.4. The van der Waals surface area contributed by atoms with Gasteiger partial charge in [-0.05, 0) is 26.4 Å². The summed E-state index contributed by atoms with van der Waals surface area (Å²) < 4.78 is 24.8. The van der Waals surface area contributed by atoms with E-state index in [9.17, 15) is 13.2 Å². The first-order chi connectivity index (χ1) is 7.83. The van der Waals surface area contributed by atoms with E-state index in [0.29, 0.717) is 6.54 Å². The zero-order valence-corrected chi connectivity index (χ0v) is 11.1. The lowest BCUT2D eigenvalue weighted by Crippen LogP contribution is -2.40. The highest BCUT2D eigenvalue weighted by Gasteiger charge is 2.27. The van der Waals surface area contributed by atoms with Gasteiger partial charge in [-0.1, -0.05) is 0 Å². The third-order valence-corrected chi connectivity index (χ3v) is 5.01. The number of sulfonamides is 1. The van der Waals surface area contributed by atoms with Gasteiger partial charge in [0.15, 0.2) is 0 Å². The van der Waals surface area contributed by atoms with Crippen LogP contribution in [0, 0.1) is 0 Å². The molecule has 1 saturated heterocycles. The zero-order valence-electron chi connectivity index (χ0n) is 10.3. The zero-order chi connectivity index (χ0) is 13.1. The van der Waals surface area contributed by atoms with Crippen LogP contribution in [-0.4, -0.2) is 67.7 Å². The number of likely N-dealkylation sites (N-methyl/N-ethyl adjacent to an activating group) is 2. The molecule has 0 bridgehead atoms. The first-order valence-electron chi connectivity index (χ1n) is 5.69. The number of carboxylic acid groups (broad SMARTS) is 1. The van der Waals surface area contributed by atoms with Crippen molar-refractivity contribution >= 4 is 16.0 Å². The molecule has 17 heavy (non-hydrogen) atoms. The average Bonchev–Trinajstić information content (AvgIpc) is 2.62. The number of nitrogens with zero attached hydrogens (tertiary/aromatic N) is 2. The smallest absolute Gasteiger partial charge is 0.304 e. The Hall–Kier alpha value is -0.660. The van der Waals surface area contributed by atoms with Crippen molar-refractivity contribution in [1.29, 1.82) is 0 Å². The van der Waals surface area contributed by atoms with E-state index in [-0.39, 0.29) is 18.2 Å². The van der Waals surface area contributed by atoms with E-state index in [1.165, 1.54) is 11.4 Å². The van der Waals surface area contributed by atoms with Crippen LogP contribution in [0.15, 0.2) is 0 Å². The summed E-state index contributed by atoms with van der Waals surface area (Å²) in [6.45, 7) is 1.44. The quantitative estimate of drug-likeness (QED) is 0.720. The molecule has 1 rings (SSSR count). The normalized spacial score (nSPS) is 22.2. The summed E-state index contributed by atoms with van der Waals surface area (Å²) >= 11 is 0. The second kappa shape index (κ2) is 5.79. The molecule has 1 unspecified atom stereocenters. The van der Waals surface area contributed by atoms with Gasteiger partial charge in [-0.2, -0.15) is 0 Å². The van der Waals surface area contributed by atoms with Crippen LogP contribution in [0.1, 0.15) is 19.3 Å². The Kier molecular flexibility index (Phi) is 4.91. The predicted octanol–water partition coefficient (Wildman–Crippen LogP) is -0.183. The van der Waals surface area contributed by atoms with Crippen molar-refractivity contribution in [3.05, 3.63) is 0 Å². The standard InChI is InChI=1S/C10H20N2O4S/c1-11-6-3-4-9(11)8-12(2)17(15,16)7-5-10(13)14/h9H,3-8H2,1-2H3,(H,13,14). The maximum absolute atomic E-state index is 11.8. The highest BCUT2D eigenvalue weighted by Crippen LogP contribution is 2.16. The first-order valence-corrected chi connectivity index (χ1v) is 7.30. The van der Waals surface area contributed by atoms with Gasteiger partial charge in [0.1, 0.15) is 0 Å². The van der Waals surface area contributed by atoms with Crippen LogP contribution in [0.4, 0.5) is 0 Å². The van der Waals surface area contributed by atoms with Gasteiger partial charge in [0.2, 0.25) is 10.0 Å². The van der Waals surface area contributed by atoms with Crippen molar-refractivity contribution in [2.24, 2.45) is 0 Å². The van der Waals surface area contributed by atoms with Crippen molar-refractivity contribution in [3.63, 3.8) is 0 Å². The van der Waals surface area contributed by atoms with Gasteiger partial charge in [0.25, 0.3) is 0 Å². The Morgan fingerprint density at radius 3 is 2.65 bits per heavy atom. The minimum absolute atomic E-state index is 0.250. The number of carboxylic acids is 1. The molecule has 7 heteroatoms. The molecule has 1 heterocycles. The van der Waals surface area contributed by atoms with Gasteiger partial charge in [0.05, 0.1) is 12.2 Å². The van der Waals surface area contributed by atoms with Crippen molar-refractivity contribution in [2.75, 3.05) is 32.9 Å². The Balaban J connectivity index is 2.50. The molecule has 0 aliphatic carbocycles. The van der Waals surface area contributed by atoms with E-state index in [1.807, 2.05) is 7.05 Å². The number of hydrogen-bond acceptors (Lipinski definition) is 4. The molecule has 6 nitrogen and oxygen atoms in total. The van der Waals surface area contributed by atoms with Gasteiger partial charge >= 0.3 is 5.97 Å². The summed E-state index contributed by atoms with van der Waals surface area (Å²) in [5.74, 6) is -1.41. The molecule has 0 aromatic rings. The molecule has 0 radical (unpaired) electrons. The van der Waals surface area contributed by atoms with Gasteiger partial charge in [-0.15, -0.1) is 0 Å². The lowest BCUT2D eigenvalue weighted by molar-refractivity contribution is -0.136. The van der Waals surface area contributed by atoms with Crippen molar-refractivity contribution in [1.82, 2.24) is 9.21 Å². The maximum atomic E-state index is 11.8. The van der Waals surface area contributed by atoms with Crippen LogP contribution >= 0.6 is 0 Å². The molecule has 1 N–H and O–H groups in total. The predicted molar refractivity (Wildman–Crippen MR) is 64.3 cm³/mol. The molecule has 1 fully saturated rings. The van der Waals surface area contributed by atoms with Gasteiger partial charge < -0.3 is 10.0 Å². The largest absolute Gasteiger partial charge is 0.481 e. The van der Waals surface area contributed by atoms with E-state index in [0.717, 1.165) is 19.4 Å². The number of hydrogen-bond donors (Lipinski definition) is 1. The topological polar surface area (TPSA) is 77.9 Å². The van der Waals surface area contributed by atoms with Crippen LogP contribution in [0.3, 0.4) is 0 Å². The molecule has 0 aromatic carbocycles. The minimum atomic E-state index is -3.44. The van der Waals surface area contributed by atoms with E-state index in [1.54, 1.807) is 0 Å². The molecule has 0 saturated carbocycles. The summed E-state index contributed by atoms with van der Waals surface area (Å²) in [7, 11) is 0.0583. The summed E-state index contributed by atoms with van der Waals surface area (Å²) in [5, 5.41) is 8.49. The fourth-order valence-corrected chi connectivity index (χ4v) is 3.14. The fraction of sp³-hybridized carbons (Fsp3) is 0.900. The second-order valence-electron chi connectivity index (χ2n) is 4.52. The SMILES string of the molecule is CN1CCCC1CN(C)S(=O)(=O)CCC(=O)O. The fourth-order valence-electron chi connectivity index (χ4n) is 1.99. The van der Waals surface area contributed by atoms with Crippen molar-refractivity contribution in [3.8, 4) is 0 Å². The third-order valence-electron chi connectivity index (χ3n) is 3.19. The molecule has 100 valence electrons. The lowest BCUT2D eigenvalue weighted by Gasteiger charge is -2.25. The Morgan fingerprint density at radius 1 is 1.53 bits per heavy atom. The maximum Gasteiger partial charge on any atom is 0.304 e. The van der Waals surface area contributed by atoms with E-state index < -0.39 is 16.0 Å². The van der Waals surface area contributed by atoms with Crippen LogP contribution < -0.4 is 0 Å². The molecule has 1 aliphatic heterocycles. The number of rotatable bonds is 6. The van der Waals surface area contributed by atoms with Crippen LogP contribution in [0.5, 0.6) is 0 Å². The molecular formula is C10H20N2O4S. The molecule has 0 amide bonds. The Labute approximate surface area is 102 Å². The minimum Gasteiger partial charge on any atom is -0.481 e. The molecule has 1 atom stereocenters. The molecular weight excluding hydrogens is 244 g/mol. The number of aliphatic carboxylic acids is 1. The van der Waals surface area contributed by atoms with Crippen molar-refractivity contribution in [2.45, 2.75) is 25.3 Å². The van der Waals surface area contributed by atoms with E-state index >= 15 is 0 Å². The lowest BCUT2D eigenvalue weighted by atomic mass is 10.2. The summed E-state index contributed by atoms with van der Waals surface area (Å²) in [4.78, 5) is 12.5.